The fraction of sp³-hybridized carbons (Fsp3) is 0.227. The third-order valence-corrected chi connectivity index (χ3v) is 5.66. The maximum atomic E-state index is 12.9. The molecule has 5 nitrogen and oxygen atoms in total. The van der Waals surface area contributed by atoms with Gasteiger partial charge in [-0.25, -0.2) is 4.98 Å². The minimum Gasteiger partial charge on any atom is -0.497 e. The maximum absolute atomic E-state index is 12.9. The number of hydrogen-bond acceptors (Lipinski definition) is 5. The van der Waals surface area contributed by atoms with Crippen LogP contribution in [0.4, 0.5) is 0 Å². The Hall–Kier alpha value is -3.04. The van der Waals surface area contributed by atoms with Crippen LogP contribution in [0.2, 0.25) is 0 Å². The first-order valence-electron chi connectivity index (χ1n) is 8.83. The number of nitriles is 1. The summed E-state index contributed by atoms with van der Waals surface area (Å²) in [7, 11) is 3.37. The molecule has 0 radical (unpaired) electrons. The molecule has 0 fully saturated rings. The standard InChI is InChI=1S/C22H21N3O2S/c1-15-20(12-16-8-10-19(27-3)11-9-16)21(26)25(2)22(24-15)28-14-18-7-5-4-6-17(18)13-23/h4-11H,12,14H2,1-3H3. The second kappa shape index (κ2) is 8.77. The summed E-state index contributed by atoms with van der Waals surface area (Å²) in [6.45, 7) is 1.87. The molecular weight excluding hydrogens is 370 g/mol. The van der Waals surface area contributed by atoms with Crippen molar-refractivity contribution < 1.29 is 4.74 Å². The van der Waals surface area contributed by atoms with Gasteiger partial charge in [-0.2, -0.15) is 5.26 Å². The van der Waals surface area contributed by atoms with E-state index >= 15 is 0 Å². The largest absolute Gasteiger partial charge is 0.497 e. The zero-order chi connectivity index (χ0) is 20.1. The van der Waals surface area contributed by atoms with Crippen LogP contribution in [0.15, 0.2) is 58.5 Å². The summed E-state index contributed by atoms with van der Waals surface area (Å²) in [5.74, 6) is 1.37. The summed E-state index contributed by atoms with van der Waals surface area (Å²) >= 11 is 1.46. The topological polar surface area (TPSA) is 67.9 Å². The summed E-state index contributed by atoms with van der Waals surface area (Å²) in [6.07, 6.45) is 0.526. The van der Waals surface area contributed by atoms with E-state index in [2.05, 4.69) is 11.1 Å². The van der Waals surface area contributed by atoms with E-state index in [-0.39, 0.29) is 5.56 Å². The first-order valence-corrected chi connectivity index (χ1v) is 9.82. The molecule has 3 rings (SSSR count). The monoisotopic (exact) mass is 391 g/mol. The highest BCUT2D eigenvalue weighted by Crippen LogP contribution is 2.23. The van der Waals surface area contributed by atoms with Crippen molar-refractivity contribution >= 4 is 11.8 Å². The second-order valence-corrected chi connectivity index (χ2v) is 7.35. The van der Waals surface area contributed by atoms with Crippen molar-refractivity contribution in [2.75, 3.05) is 7.11 Å². The summed E-state index contributed by atoms with van der Waals surface area (Å²) < 4.78 is 6.77. The number of benzene rings is 2. The molecule has 1 aromatic heterocycles. The maximum Gasteiger partial charge on any atom is 0.257 e. The molecule has 0 saturated carbocycles. The van der Waals surface area contributed by atoms with Gasteiger partial charge in [0.1, 0.15) is 5.75 Å². The van der Waals surface area contributed by atoms with Gasteiger partial charge < -0.3 is 4.74 Å². The minimum absolute atomic E-state index is 0.0422. The van der Waals surface area contributed by atoms with Gasteiger partial charge in [-0.3, -0.25) is 9.36 Å². The molecule has 0 aliphatic rings. The first kappa shape index (κ1) is 19.7. The fourth-order valence-electron chi connectivity index (χ4n) is 2.91. The molecule has 0 atom stereocenters. The fourth-order valence-corrected chi connectivity index (χ4v) is 3.92. The SMILES string of the molecule is COc1ccc(Cc2c(C)nc(SCc3ccccc3C#N)n(C)c2=O)cc1. The molecule has 0 aliphatic carbocycles. The average Bonchev–Trinajstić information content (AvgIpc) is 2.73. The van der Waals surface area contributed by atoms with Crippen molar-refractivity contribution in [3.63, 3.8) is 0 Å². The molecule has 142 valence electrons. The number of nitrogens with zero attached hydrogens (tertiary/aromatic N) is 3. The molecule has 0 spiro atoms. The molecule has 2 aromatic carbocycles. The third-order valence-electron chi connectivity index (χ3n) is 4.58. The van der Waals surface area contributed by atoms with Gasteiger partial charge in [-0.15, -0.1) is 0 Å². The zero-order valence-electron chi connectivity index (χ0n) is 16.1. The van der Waals surface area contributed by atoms with Gasteiger partial charge in [0.15, 0.2) is 5.16 Å². The number of ether oxygens (including phenoxy) is 1. The van der Waals surface area contributed by atoms with Gasteiger partial charge in [0.2, 0.25) is 0 Å². The highest BCUT2D eigenvalue weighted by atomic mass is 32.2. The van der Waals surface area contributed by atoms with E-state index in [0.717, 1.165) is 22.6 Å². The molecule has 6 heteroatoms. The van der Waals surface area contributed by atoms with Crippen LogP contribution in [0.1, 0.15) is 27.9 Å². The van der Waals surface area contributed by atoms with Crippen molar-refractivity contribution in [3.8, 4) is 11.8 Å². The number of aryl methyl sites for hydroxylation is 1. The third kappa shape index (κ3) is 4.26. The Morgan fingerprint density at radius 1 is 1.18 bits per heavy atom. The summed E-state index contributed by atoms with van der Waals surface area (Å²) in [4.78, 5) is 17.6. The Bertz CT molecular complexity index is 1080. The van der Waals surface area contributed by atoms with Crippen molar-refractivity contribution in [3.05, 3.63) is 86.8 Å². The number of aromatic nitrogens is 2. The van der Waals surface area contributed by atoms with E-state index in [0.29, 0.717) is 28.5 Å². The molecule has 0 N–H and O–H groups in total. The van der Waals surface area contributed by atoms with Gasteiger partial charge in [0, 0.05) is 30.5 Å². The summed E-state index contributed by atoms with van der Waals surface area (Å²) in [6, 6.07) is 17.4. The lowest BCUT2D eigenvalue weighted by atomic mass is 10.1. The Morgan fingerprint density at radius 2 is 1.89 bits per heavy atom. The molecule has 0 unspecified atom stereocenters. The van der Waals surface area contributed by atoms with Crippen LogP contribution in [-0.4, -0.2) is 16.7 Å². The zero-order valence-corrected chi connectivity index (χ0v) is 16.9. The van der Waals surface area contributed by atoms with Gasteiger partial charge in [-0.05, 0) is 36.2 Å². The molecule has 0 bridgehead atoms. The smallest absolute Gasteiger partial charge is 0.257 e. The summed E-state index contributed by atoms with van der Waals surface area (Å²) in [5, 5.41) is 9.88. The summed E-state index contributed by atoms with van der Waals surface area (Å²) in [5.41, 5.74) is 3.99. The van der Waals surface area contributed by atoms with E-state index in [1.807, 2.05) is 49.4 Å². The lowest BCUT2D eigenvalue weighted by Crippen LogP contribution is -2.25. The predicted molar refractivity (Wildman–Crippen MR) is 111 cm³/mol. The number of thioether (sulfide) groups is 1. The van der Waals surface area contributed by atoms with Gasteiger partial charge in [0.25, 0.3) is 5.56 Å². The van der Waals surface area contributed by atoms with Crippen molar-refractivity contribution in [1.29, 1.82) is 5.26 Å². The van der Waals surface area contributed by atoms with Crippen LogP contribution < -0.4 is 10.3 Å². The Labute approximate surface area is 168 Å². The van der Waals surface area contributed by atoms with Crippen LogP contribution in [0.25, 0.3) is 0 Å². The lowest BCUT2D eigenvalue weighted by molar-refractivity contribution is 0.414. The molecule has 28 heavy (non-hydrogen) atoms. The highest BCUT2D eigenvalue weighted by Gasteiger charge is 2.14. The first-order chi connectivity index (χ1) is 13.5. The van der Waals surface area contributed by atoms with Crippen LogP contribution in [0.5, 0.6) is 5.75 Å². The average molecular weight is 391 g/mol. The lowest BCUT2D eigenvalue weighted by Gasteiger charge is -2.12. The van der Waals surface area contributed by atoms with Crippen molar-refractivity contribution in [1.82, 2.24) is 9.55 Å². The molecular formula is C22H21N3O2S. The molecule has 0 saturated heterocycles. The van der Waals surface area contributed by atoms with Crippen LogP contribution in [0, 0.1) is 18.3 Å². The van der Waals surface area contributed by atoms with Gasteiger partial charge in [-0.1, -0.05) is 42.1 Å². The van der Waals surface area contributed by atoms with Crippen LogP contribution in [0.3, 0.4) is 0 Å². The normalized spacial score (nSPS) is 10.5. The van der Waals surface area contributed by atoms with Gasteiger partial charge >= 0.3 is 0 Å². The predicted octanol–water partition coefficient (Wildman–Crippen LogP) is 3.85. The Kier molecular flexibility index (Phi) is 6.17. The highest BCUT2D eigenvalue weighted by molar-refractivity contribution is 7.98. The van der Waals surface area contributed by atoms with E-state index in [1.165, 1.54) is 11.8 Å². The molecule has 1 heterocycles. The minimum atomic E-state index is -0.0422. The van der Waals surface area contributed by atoms with Crippen molar-refractivity contribution in [2.45, 2.75) is 24.3 Å². The molecule has 0 amide bonds. The Morgan fingerprint density at radius 3 is 2.57 bits per heavy atom. The second-order valence-electron chi connectivity index (χ2n) is 6.40. The number of hydrogen-bond donors (Lipinski definition) is 0. The van der Waals surface area contributed by atoms with Crippen LogP contribution in [-0.2, 0) is 19.2 Å². The van der Waals surface area contributed by atoms with E-state index in [4.69, 9.17) is 4.74 Å². The quantitative estimate of drug-likeness (QED) is 0.472. The van der Waals surface area contributed by atoms with Crippen molar-refractivity contribution in [2.24, 2.45) is 7.05 Å². The Balaban J connectivity index is 1.83. The molecule has 0 aliphatic heterocycles. The van der Waals surface area contributed by atoms with E-state index in [9.17, 15) is 10.1 Å². The van der Waals surface area contributed by atoms with E-state index < -0.39 is 0 Å². The molecule has 3 aromatic rings. The van der Waals surface area contributed by atoms with Crippen LogP contribution >= 0.6 is 11.8 Å². The van der Waals surface area contributed by atoms with Gasteiger partial charge in [0.05, 0.1) is 18.7 Å². The van der Waals surface area contributed by atoms with E-state index in [1.54, 1.807) is 24.8 Å². The number of methoxy groups -OCH3 is 1. The number of rotatable bonds is 6.